The van der Waals surface area contributed by atoms with Crippen LogP contribution in [-0.2, 0) is 58.2 Å². The topological polar surface area (TPSA) is 179 Å². The molecule has 0 amide bonds. The molecule has 428 valence electrons. The Morgan fingerprint density at radius 2 is 0.912 bits per heavy atom. The zero-order valence-electron chi connectivity index (χ0n) is 45.2. The third-order valence-electron chi connectivity index (χ3n) is 13.8. The van der Waals surface area contributed by atoms with Crippen LogP contribution in [0.5, 0.6) is 0 Å². The van der Waals surface area contributed by atoms with Crippen molar-refractivity contribution in [3.05, 3.63) is 155 Å². The molecule has 0 bridgehead atoms. The Labute approximate surface area is 472 Å². The molecule has 2 aliphatic heterocycles. The van der Waals surface area contributed by atoms with E-state index in [2.05, 4.69) is 45.7 Å². The maximum Gasteiger partial charge on any atom is 0.453 e. The lowest BCUT2D eigenvalue weighted by atomic mass is 9.95. The zero-order valence-corrected chi connectivity index (χ0v) is 48.4. The number of likely N-dealkylation sites (tertiary alicyclic amines) is 2. The van der Waals surface area contributed by atoms with Crippen LogP contribution in [0.3, 0.4) is 0 Å². The number of aromatic nitrogens is 4. The van der Waals surface area contributed by atoms with Crippen LogP contribution in [0.25, 0.3) is 22.5 Å². The predicted octanol–water partition coefficient (Wildman–Crippen LogP) is 11.5. The molecule has 2 aliphatic rings. The Kier molecular flexibility index (Phi) is 18.9. The van der Waals surface area contributed by atoms with Crippen molar-refractivity contribution in [2.24, 2.45) is 0 Å². The summed E-state index contributed by atoms with van der Waals surface area (Å²) in [5.41, 5.74) is 2.53. The number of nitrogens with zero attached hydrogens (tertiary/aromatic N) is 6. The van der Waals surface area contributed by atoms with E-state index in [1.54, 1.807) is 66.1 Å². The van der Waals surface area contributed by atoms with Crippen molar-refractivity contribution < 1.29 is 57.9 Å². The van der Waals surface area contributed by atoms with Gasteiger partial charge in [-0.05, 0) is 125 Å². The number of benzene rings is 4. The van der Waals surface area contributed by atoms with Crippen molar-refractivity contribution in [2.75, 3.05) is 26.2 Å². The number of hydrogen-bond donors (Lipinski definition) is 0. The van der Waals surface area contributed by atoms with Crippen molar-refractivity contribution in [2.45, 2.75) is 136 Å². The summed E-state index contributed by atoms with van der Waals surface area (Å²) in [6.07, 6.45) is -1.82. The Hall–Kier alpha value is -6.07. The monoisotopic (exact) mass is 1210 g/mol. The summed E-state index contributed by atoms with van der Waals surface area (Å²) in [6, 6.07) is 31.9. The Bertz CT molecular complexity index is 3280. The number of halogens is 6. The number of aryl methyl sites for hydroxylation is 1. The fourth-order valence-electron chi connectivity index (χ4n) is 9.32. The summed E-state index contributed by atoms with van der Waals surface area (Å²) in [6.45, 7) is 13.3. The van der Waals surface area contributed by atoms with Gasteiger partial charge >= 0.3 is 24.0 Å². The molecule has 80 heavy (non-hydrogen) atoms. The second-order valence-corrected chi connectivity index (χ2v) is 27.2. The highest BCUT2D eigenvalue weighted by Gasteiger charge is 2.58. The normalized spacial score (nSPS) is 16.4. The van der Waals surface area contributed by atoms with Crippen LogP contribution in [-0.4, -0.2) is 117 Å². The molecule has 6 aromatic rings. The molecule has 0 aliphatic carbocycles. The van der Waals surface area contributed by atoms with E-state index in [1.807, 2.05) is 60.7 Å². The van der Waals surface area contributed by atoms with Gasteiger partial charge in [-0.1, -0.05) is 84.9 Å². The maximum atomic E-state index is 14.1. The molecule has 4 aromatic carbocycles. The average Bonchev–Trinajstić information content (AvgIpc) is 3.62. The molecular formula is C58H64BrF5N6O8S2. The molecule has 4 heterocycles. The Morgan fingerprint density at radius 1 is 0.537 bits per heavy atom. The molecule has 14 nitrogen and oxygen atoms in total. The third kappa shape index (κ3) is 14.7. The highest BCUT2D eigenvalue weighted by atomic mass is 79.9. The number of hydrogen-bond acceptors (Lipinski definition) is 14. The molecule has 0 saturated carbocycles. The van der Waals surface area contributed by atoms with Crippen molar-refractivity contribution in [1.82, 2.24) is 29.7 Å². The average molecular weight is 1210 g/mol. The van der Waals surface area contributed by atoms with Crippen LogP contribution < -0.4 is 0 Å². The van der Waals surface area contributed by atoms with E-state index < -0.39 is 77.2 Å². The van der Waals surface area contributed by atoms with Crippen molar-refractivity contribution in [1.29, 1.82) is 0 Å². The molecule has 2 aromatic heterocycles. The molecule has 8 rings (SSSR count). The number of carbonyl (C=O) groups is 2. The Morgan fingerprint density at radius 3 is 1.24 bits per heavy atom. The number of sulfone groups is 2. The number of rotatable bonds is 15. The first-order chi connectivity index (χ1) is 37.4. The van der Waals surface area contributed by atoms with E-state index >= 15 is 0 Å². The number of piperidine rings is 2. The highest BCUT2D eigenvalue weighted by Crippen LogP contribution is 2.42. The lowest BCUT2D eigenvalue weighted by molar-refractivity contribution is -0.284. The van der Waals surface area contributed by atoms with Crippen LogP contribution in [0.2, 0.25) is 0 Å². The van der Waals surface area contributed by atoms with Crippen molar-refractivity contribution in [3.8, 4) is 22.5 Å². The maximum absolute atomic E-state index is 14.1. The van der Waals surface area contributed by atoms with Gasteiger partial charge in [-0.15, -0.1) is 0 Å². The van der Waals surface area contributed by atoms with Crippen molar-refractivity contribution >= 4 is 47.5 Å². The summed E-state index contributed by atoms with van der Waals surface area (Å²) >= 11 is 3.26. The van der Waals surface area contributed by atoms with Crippen LogP contribution in [0.1, 0.15) is 90.5 Å². The van der Waals surface area contributed by atoms with Gasteiger partial charge in [-0.3, -0.25) is 34.3 Å². The van der Waals surface area contributed by atoms with Gasteiger partial charge in [0.25, 0.3) is 0 Å². The number of esters is 2. The predicted molar refractivity (Wildman–Crippen MR) is 295 cm³/mol. The SMILES string of the molecule is CC(C)(C)OC(=O)C1(S(=O)(=O)c2ccc(-c3cnc(Br)cn3)cc2)CCN(Cc2ccccc2)CC1.CC(C)(C)OC(=O)C1(S(=O)(=O)c2ccc(-c3cnc(CCC(F)(F)C(F)(F)F)cn3)cc2)CCN(Cc2ccccc2)CC1. The molecule has 0 radical (unpaired) electrons. The largest absolute Gasteiger partial charge is 0.459 e. The summed E-state index contributed by atoms with van der Waals surface area (Å²) in [5.74, 6) is -6.33. The van der Waals surface area contributed by atoms with Crippen LogP contribution in [0, 0.1) is 0 Å². The second-order valence-electron chi connectivity index (χ2n) is 21.9. The smallest absolute Gasteiger partial charge is 0.453 e. The van der Waals surface area contributed by atoms with Gasteiger partial charge in [-0.25, -0.2) is 21.8 Å². The van der Waals surface area contributed by atoms with E-state index in [9.17, 15) is 48.4 Å². The molecule has 22 heteroatoms. The summed E-state index contributed by atoms with van der Waals surface area (Å²) in [7, 11) is -8.27. The van der Waals surface area contributed by atoms with Gasteiger partial charge < -0.3 is 9.47 Å². The number of alkyl halides is 5. The first-order valence-corrected chi connectivity index (χ1v) is 29.6. The van der Waals surface area contributed by atoms with Crippen molar-refractivity contribution in [3.63, 3.8) is 0 Å². The molecule has 0 spiro atoms. The summed E-state index contributed by atoms with van der Waals surface area (Å²) in [4.78, 5) is 47.9. The first kappa shape index (κ1) is 61.5. The van der Waals surface area contributed by atoms with Gasteiger partial charge in [0.2, 0.25) is 0 Å². The molecule has 0 N–H and O–H groups in total. The molecular weight excluding hydrogens is 1150 g/mol. The highest BCUT2D eigenvalue weighted by molar-refractivity contribution is 9.10. The van der Waals surface area contributed by atoms with Crippen LogP contribution in [0.15, 0.2) is 148 Å². The van der Waals surface area contributed by atoms with Gasteiger partial charge in [0, 0.05) is 63.0 Å². The zero-order chi connectivity index (χ0) is 58.4. The lowest BCUT2D eigenvalue weighted by Gasteiger charge is -2.40. The fourth-order valence-corrected chi connectivity index (χ4v) is 13.4. The van der Waals surface area contributed by atoms with E-state index in [0.29, 0.717) is 55.1 Å². The van der Waals surface area contributed by atoms with Crippen LogP contribution >= 0.6 is 15.9 Å². The minimum atomic E-state index is -5.65. The van der Waals surface area contributed by atoms with Gasteiger partial charge in [0.1, 0.15) is 15.8 Å². The van der Waals surface area contributed by atoms with Gasteiger partial charge in [-0.2, -0.15) is 22.0 Å². The Balaban J connectivity index is 0.000000236. The minimum absolute atomic E-state index is 0.0408. The number of carbonyl (C=O) groups excluding carboxylic acids is 2. The van der Waals surface area contributed by atoms with Gasteiger partial charge in [0.15, 0.2) is 29.2 Å². The standard InChI is InChI=1S/C31H34F5N3O4S.C27H30BrN3O4S/c1-28(2,3)43-27(40)29(15-17-39(18-16-29)21-22-7-5-4-6-8-22)44(41,42)25-11-9-23(10-12-25)26-20-37-24(19-38-26)13-14-30(32,33)31(34,35)36;1-26(2,3)35-25(32)27(13-15-31(16-14-27)19-20-7-5-4-6-8-20)36(33,34)22-11-9-21(10-12-22)23-17-30-24(28)18-29-23/h4-12,19-20H,13-18,21H2,1-3H3;4-12,17-18H,13-16,19H2,1-3H3. The van der Waals surface area contributed by atoms with E-state index in [0.717, 1.165) is 22.9 Å². The molecule has 0 atom stereocenters. The molecule has 0 unspecified atom stereocenters. The third-order valence-corrected chi connectivity index (χ3v) is 19.2. The lowest BCUT2D eigenvalue weighted by Crippen LogP contribution is -2.56. The van der Waals surface area contributed by atoms with E-state index in [1.165, 1.54) is 42.6 Å². The summed E-state index contributed by atoms with van der Waals surface area (Å²) in [5, 5.41) is 0. The van der Waals surface area contributed by atoms with Crippen LogP contribution in [0.4, 0.5) is 22.0 Å². The van der Waals surface area contributed by atoms with E-state index in [-0.39, 0.29) is 46.9 Å². The molecule has 2 saturated heterocycles. The summed E-state index contributed by atoms with van der Waals surface area (Å²) < 4.78 is 129. The first-order valence-electron chi connectivity index (χ1n) is 25.9. The van der Waals surface area contributed by atoms with Gasteiger partial charge in [0.05, 0.1) is 45.5 Å². The number of ether oxygens (including phenoxy) is 2. The quantitative estimate of drug-likeness (QED) is 0.0700. The minimum Gasteiger partial charge on any atom is -0.459 e. The van der Waals surface area contributed by atoms with E-state index in [4.69, 9.17) is 9.47 Å². The second kappa shape index (κ2) is 24.6. The fraction of sp³-hybridized carbons (Fsp3) is 0.414. The molecule has 2 fully saturated rings.